The van der Waals surface area contributed by atoms with Gasteiger partial charge in [-0.25, -0.2) is 0 Å². The van der Waals surface area contributed by atoms with Crippen LogP contribution in [0.5, 0.6) is 0 Å². The van der Waals surface area contributed by atoms with E-state index in [0.29, 0.717) is 5.57 Å². The van der Waals surface area contributed by atoms with Crippen LogP contribution in [0.2, 0.25) is 36.3 Å². The first-order valence-electron chi connectivity index (χ1n) is 16.6. The summed E-state index contributed by atoms with van der Waals surface area (Å²) in [5, 5.41) is -0.0605. The zero-order valence-corrected chi connectivity index (χ0v) is 32.2. The second-order valence-corrected chi connectivity index (χ2v) is 24.4. The molecule has 45 heavy (non-hydrogen) atoms. The summed E-state index contributed by atoms with van der Waals surface area (Å²) in [7, 11) is -4.56. The number of ether oxygens (including phenoxy) is 1. The molecule has 0 heterocycles. The van der Waals surface area contributed by atoms with Crippen LogP contribution in [0.15, 0.2) is 36.0 Å². The third-order valence-electron chi connectivity index (χ3n) is 10.5. The van der Waals surface area contributed by atoms with Crippen LogP contribution < -0.4 is 0 Å². The van der Waals surface area contributed by atoms with Gasteiger partial charge in [0.2, 0.25) is 0 Å². The Kier molecular flexibility index (Phi) is 14.8. The highest BCUT2D eigenvalue weighted by molar-refractivity contribution is 6.74. The number of ketones is 1. The fourth-order valence-electron chi connectivity index (χ4n) is 5.61. The topological polar surface area (TPSA) is 61.8 Å². The zero-order chi connectivity index (χ0) is 35.2. The van der Waals surface area contributed by atoms with E-state index >= 15 is 0 Å². The maximum Gasteiger partial charge on any atom is 0.412 e. The van der Waals surface area contributed by atoms with E-state index in [2.05, 4.69) is 61.2 Å². The largest absolute Gasteiger partial charge is 0.457 e. The standard InChI is InChI=1S/C35H61F3O5Si2/c1-15-24(5)31(43-44(13,14)33(8,9)10)26(7)32(40)34(11,12)29(42-45(16-2,17-3)18-4)23-30(39)41-28-22-21-27(35(36,37)38)20-19-25(28)6/h15,19,21,24,26,28-29,31H,1,16-18,20,22-23H2,2-14H3/t24-,26+,28-,29-,31-/m0/s1. The third kappa shape index (κ3) is 10.8. The second-order valence-electron chi connectivity index (χ2n) is 15.0. The molecule has 0 aromatic rings. The van der Waals surface area contributed by atoms with Crippen molar-refractivity contribution >= 4 is 28.4 Å². The van der Waals surface area contributed by atoms with Gasteiger partial charge in [0.05, 0.1) is 18.6 Å². The minimum Gasteiger partial charge on any atom is -0.457 e. The van der Waals surface area contributed by atoms with Crippen LogP contribution in [0, 0.1) is 17.3 Å². The Morgan fingerprint density at radius 1 is 1.00 bits per heavy atom. The van der Waals surface area contributed by atoms with Gasteiger partial charge >= 0.3 is 12.1 Å². The molecule has 1 aliphatic carbocycles. The van der Waals surface area contributed by atoms with Crippen molar-refractivity contribution in [2.24, 2.45) is 17.3 Å². The van der Waals surface area contributed by atoms with Crippen LogP contribution >= 0.6 is 0 Å². The molecule has 0 radical (unpaired) electrons. The molecule has 5 nitrogen and oxygen atoms in total. The molecular formula is C35H61F3O5Si2. The van der Waals surface area contributed by atoms with Crippen molar-refractivity contribution in [3.63, 3.8) is 0 Å². The Hall–Kier alpha value is -1.50. The average molecular weight is 675 g/mol. The minimum absolute atomic E-state index is 0.0583. The predicted molar refractivity (Wildman–Crippen MR) is 183 cm³/mol. The van der Waals surface area contributed by atoms with E-state index in [1.54, 1.807) is 6.92 Å². The first kappa shape index (κ1) is 41.5. The van der Waals surface area contributed by atoms with Gasteiger partial charge in [0.1, 0.15) is 11.9 Å². The van der Waals surface area contributed by atoms with Gasteiger partial charge in [0.15, 0.2) is 16.6 Å². The second kappa shape index (κ2) is 16.1. The fraction of sp³-hybridized carbons (Fsp3) is 0.771. The molecular weight excluding hydrogens is 614 g/mol. The first-order chi connectivity index (χ1) is 20.4. The SMILES string of the molecule is C=C[C@H](C)[C@H](O[Si](C)(C)C(C)(C)C)[C@@H](C)C(=O)C(C)(C)[C@H](CC(=O)O[C@H]1CC=C(C(F)(F)F)CC=C1C)O[Si](CC)(CC)CC. The highest BCUT2D eigenvalue weighted by Gasteiger charge is 2.49. The monoisotopic (exact) mass is 674 g/mol. The number of Topliss-reactive ketones (excluding diaryl/α,β-unsaturated/α-hetero) is 1. The highest BCUT2D eigenvalue weighted by atomic mass is 28.4. The molecule has 0 unspecified atom stereocenters. The van der Waals surface area contributed by atoms with Crippen LogP contribution in [0.1, 0.15) is 95.4 Å². The quantitative estimate of drug-likeness (QED) is 0.0926. The summed E-state index contributed by atoms with van der Waals surface area (Å²) in [6.45, 7) is 30.3. The number of halogens is 3. The number of carbonyl (C=O) groups is 2. The van der Waals surface area contributed by atoms with Gasteiger partial charge in [-0.1, -0.05) is 87.5 Å². The lowest BCUT2D eigenvalue weighted by molar-refractivity contribution is -0.153. The molecule has 0 saturated heterocycles. The van der Waals surface area contributed by atoms with Crippen molar-refractivity contribution in [1.29, 1.82) is 0 Å². The molecule has 5 atom stereocenters. The maximum absolute atomic E-state index is 14.5. The lowest BCUT2D eigenvalue weighted by Crippen LogP contribution is -2.53. The summed E-state index contributed by atoms with van der Waals surface area (Å²) in [5.41, 5.74) is -1.15. The highest BCUT2D eigenvalue weighted by Crippen LogP contribution is 2.42. The van der Waals surface area contributed by atoms with Crippen molar-refractivity contribution in [1.82, 2.24) is 0 Å². The van der Waals surface area contributed by atoms with Crippen LogP contribution in [0.25, 0.3) is 0 Å². The van der Waals surface area contributed by atoms with Gasteiger partial charge in [-0.2, -0.15) is 13.2 Å². The fourth-order valence-corrected chi connectivity index (χ4v) is 10.0. The number of hydrogen-bond donors (Lipinski definition) is 0. The van der Waals surface area contributed by atoms with Gasteiger partial charge in [-0.15, -0.1) is 6.58 Å². The van der Waals surface area contributed by atoms with Crippen LogP contribution in [0.4, 0.5) is 13.2 Å². The molecule has 10 heteroatoms. The number of rotatable bonds is 16. The smallest absolute Gasteiger partial charge is 0.412 e. The summed E-state index contributed by atoms with van der Waals surface area (Å²) in [4.78, 5) is 28.0. The van der Waals surface area contributed by atoms with E-state index in [0.717, 1.165) is 24.2 Å². The minimum atomic E-state index is -4.43. The Morgan fingerprint density at radius 3 is 1.98 bits per heavy atom. The molecule has 0 amide bonds. The van der Waals surface area contributed by atoms with Crippen LogP contribution in [-0.2, 0) is 23.2 Å². The Labute approximate surface area is 273 Å². The van der Waals surface area contributed by atoms with E-state index in [1.807, 2.05) is 33.8 Å². The lowest BCUT2D eigenvalue weighted by Gasteiger charge is -2.45. The van der Waals surface area contributed by atoms with E-state index in [-0.39, 0.29) is 36.0 Å². The number of alkyl halides is 3. The predicted octanol–water partition coefficient (Wildman–Crippen LogP) is 10.4. The van der Waals surface area contributed by atoms with Crippen LogP contribution in [-0.4, -0.2) is 52.9 Å². The number of carbonyl (C=O) groups excluding carboxylic acids is 2. The summed E-state index contributed by atoms with van der Waals surface area (Å²) >= 11 is 0. The Morgan fingerprint density at radius 2 is 1.53 bits per heavy atom. The molecule has 0 aromatic heterocycles. The molecule has 0 fully saturated rings. The van der Waals surface area contributed by atoms with Crippen molar-refractivity contribution in [2.75, 3.05) is 0 Å². The molecule has 260 valence electrons. The van der Waals surface area contributed by atoms with Gasteiger partial charge in [-0.05, 0) is 61.1 Å². The van der Waals surface area contributed by atoms with Gasteiger partial charge < -0.3 is 13.6 Å². The molecule has 1 rings (SSSR count). The van der Waals surface area contributed by atoms with Crippen molar-refractivity contribution in [2.45, 2.75) is 156 Å². The summed E-state index contributed by atoms with van der Waals surface area (Å²) in [5.74, 6) is -1.25. The van der Waals surface area contributed by atoms with E-state index in [1.165, 1.54) is 6.08 Å². The number of allylic oxidation sites excluding steroid dienone is 2. The van der Waals surface area contributed by atoms with Crippen molar-refractivity contribution in [3.8, 4) is 0 Å². The van der Waals surface area contributed by atoms with Gasteiger partial charge in [0, 0.05) is 23.3 Å². The molecule has 0 aliphatic heterocycles. The molecule has 0 aromatic carbocycles. The normalized spacial score (nSPS) is 19.9. The van der Waals surface area contributed by atoms with Crippen LogP contribution in [0.3, 0.4) is 0 Å². The Balaban J connectivity index is 3.46. The van der Waals surface area contributed by atoms with Gasteiger partial charge in [-0.3, -0.25) is 9.59 Å². The molecule has 0 bridgehead atoms. The molecule has 1 aliphatic rings. The molecule has 0 N–H and O–H groups in total. The molecule has 0 saturated carbocycles. The lowest BCUT2D eigenvalue weighted by atomic mass is 9.73. The number of hydrogen-bond acceptors (Lipinski definition) is 5. The molecule has 0 spiro atoms. The summed E-state index contributed by atoms with van der Waals surface area (Å²) < 4.78 is 59.6. The first-order valence-corrected chi connectivity index (χ1v) is 22.0. The van der Waals surface area contributed by atoms with Crippen molar-refractivity contribution in [3.05, 3.63) is 36.0 Å². The zero-order valence-electron chi connectivity index (χ0n) is 30.2. The third-order valence-corrected chi connectivity index (χ3v) is 19.6. The summed E-state index contributed by atoms with van der Waals surface area (Å²) in [6.07, 6.45) is -2.49. The van der Waals surface area contributed by atoms with Crippen molar-refractivity contribution < 1.29 is 36.3 Å². The van der Waals surface area contributed by atoms with Gasteiger partial charge in [0.25, 0.3) is 0 Å². The Bertz CT molecular complexity index is 1080. The number of esters is 1. The van der Waals surface area contributed by atoms with E-state index in [9.17, 15) is 22.8 Å². The average Bonchev–Trinajstić information content (AvgIpc) is 3.13. The summed E-state index contributed by atoms with van der Waals surface area (Å²) in [6, 6.07) is 2.47. The van der Waals surface area contributed by atoms with E-state index < -0.39 is 64.0 Å². The van der Waals surface area contributed by atoms with E-state index in [4.69, 9.17) is 13.6 Å². The maximum atomic E-state index is 14.5.